The fourth-order valence-corrected chi connectivity index (χ4v) is 3.06. The standard InChI is InChI=1S/C17H25N3O3S/c1-20(16-7-8-16)13-12-18-17(21)9-11-19-24(22,23)14-10-15-5-3-2-4-6-15/h2-6,10,14,16,19H,7-9,11-13H2,1H3,(H,18,21)/b14-10+. The molecule has 0 heterocycles. The monoisotopic (exact) mass is 351 g/mol. The molecule has 1 saturated carbocycles. The van der Waals surface area contributed by atoms with Crippen LogP contribution < -0.4 is 10.0 Å². The number of rotatable bonds is 10. The van der Waals surface area contributed by atoms with Gasteiger partial charge in [-0.05, 0) is 31.5 Å². The third-order valence-electron chi connectivity index (χ3n) is 3.85. The van der Waals surface area contributed by atoms with Crippen molar-refractivity contribution in [2.24, 2.45) is 0 Å². The van der Waals surface area contributed by atoms with Gasteiger partial charge >= 0.3 is 0 Å². The number of nitrogens with zero attached hydrogens (tertiary/aromatic N) is 1. The van der Waals surface area contributed by atoms with Gasteiger partial charge in [-0.25, -0.2) is 13.1 Å². The number of carbonyl (C=O) groups excluding carboxylic acids is 1. The van der Waals surface area contributed by atoms with Crippen LogP contribution in [0.25, 0.3) is 6.08 Å². The Morgan fingerprint density at radius 1 is 1.25 bits per heavy atom. The van der Waals surface area contributed by atoms with Crippen molar-refractivity contribution in [3.05, 3.63) is 41.3 Å². The van der Waals surface area contributed by atoms with Crippen molar-refractivity contribution >= 4 is 22.0 Å². The van der Waals surface area contributed by atoms with E-state index in [4.69, 9.17) is 0 Å². The predicted molar refractivity (Wildman–Crippen MR) is 95.7 cm³/mol. The Kier molecular flexibility index (Phi) is 6.96. The topological polar surface area (TPSA) is 78.5 Å². The predicted octanol–water partition coefficient (Wildman–Crippen LogP) is 1.18. The Morgan fingerprint density at radius 3 is 2.62 bits per heavy atom. The van der Waals surface area contributed by atoms with Gasteiger partial charge in [-0.3, -0.25) is 4.79 Å². The molecule has 0 bridgehead atoms. The summed E-state index contributed by atoms with van der Waals surface area (Å²) in [7, 11) is -1.48. The van der Waals surface area contributed by atoms with Gasteiger partial charge < -0.3 is 10.2 Å². The minimum Gasteiger partial charge on any atom is -0.355 e. The number of sulfonamides is 1. The molecule has 2 N–H and O–H groups in total. The molecule has 6 nitrogen and oxygen atoms in total. The zero-order valence-electron chi connectivity index (χ0n) is 13.9. The summed E-state index contributed by atoms with van der Waals surface area (Å²) in [5.41, 5.74) is 0.806. The van der Waals surface area contributed by atoms with Crippen molar-refractivity contribution in [2.45, 2.75) is 25.3 Å². The third kappa shape index (κ3) is 7.25. The van der Waals surface area contributed by atoms with Crippen molar-refractivity contribution in [3.63, 3.8) is 0 Å². The van der Waals surface area contributed by atoms with E-state index in [1.54, 1.807) is 0 Å². The van der Waals surface area contributed by atoms with Gasteiger partial charge in [0.2, 0.25) is 15.9 Å². The first-order valence-corrected chi connectivity index (χ1v) is 9.71. The van der Waals surface area contributed by atoms with Crippen LogP contribution in [0.15, 0.2) is 35.7 Å². The first kappa shape index (κ1) is 18.6. The fourth-order valence-electron chi connectivity index (χ4n) is 2.25. The molecular weight excluding hydrogens is 326 g/mol. The summed E-state index contributed by atoms with van der Waals surface area (Å²) in [5, 5.41) is 3.92. The second-order valence-electron chi connectivity index (χ2n) is 5.96. The summed E-state index contributed by atoms with van der Waals surface area (Å²) >= 11 is 0. The van der Waals surface area contributed by atoms with Gasteiger partial charge in [0.15, 0.2) is 0 Å². The van der Waals surface area contributed by atoms with E-state index in [9.17, 15) is 13.2 Å². The Hall–Kier alpha value is -1.70. The van der Waals surface area contributed by atoms with E-state index in [1.807, 2.05) is 30.3 Å². The Bertz CT molecular complexity index is 655. The van der Waals surface area contributed by atoms with Crippen LogP contribution in [0.5, 0.6) is 0 Å². The normalized spacial score (nSPS) is 15.1. The van der Waals surface area contributed by atoms with E-state index < -0.39 is 10.0 Å². The maximum atomic E-state index is 11.8. The fraction of sp³-hybridized carbons (Fsp3) is 0.471. The first-order valence-electron chi connectivity index (χ1n) is 8.16. The molecule has 132 valence electrons. The Morgan fingerprint density at radius 2 is 1.96 bits per heavy atom. The highest BCUT2D eigenvalue weighted by Crippen LogP contribution is 2.24. The van der Waals surface area contributed by atoms with Crippen LogP contribution in [0.2, 0.25) is 0 Å². The lowest BCUT2D eigenvalue weighted by Crippen LogP contribution is -2.35. The summed E-state index contributed by atoms with van der Waals surface area (Å²) in [6, 6.07) is 9.85. The second-order valence-corrected chi connectivity index (χ2v) is 7.62. The molecule has 2 rings (SSSR count). The molecule has 1 aliphatic carbocycles. The zero-order valence-corrected chi connectivity index (χ0v) is 14.8. The van der Waals surface area contributed by atoms with Gasteiger partial charge in [0.05, 0.1) is 0 Å². The highest BCUT2D eigenvalue weighted by molar-refractivity contribution is 7.92. The quantitative estimate of drug-likeness (QED) is 0.663. The van der Waals surface area contributed by atoms with Crippen LogP contribution in [0.1, 0.15) is 24.8 Å². The van der Waals surface area contributed by atoms with Gasteiger partial charge in [-0.2, -0.15) is 0 Å². The summed E-state index contributed by atoms with van der Waals surface area (Å²) in [5.74, 6) is -0.145. The van der Waals surface area contributed by atoms with Crippen molar-refractivity contribution in [1.82, 2.24) is 14.9 Å². The zero-order chi connectivity index (χ0) is 17.4. The van der Waals surface area contributed by atoms with Gasteiger partial charge in [0.1, 0.15) is 0 Å². The molecule has 7 heteroatoms. The molecule has 0 aliphatic heterocycles. The van der Waals surface area contributed by atoms with Crippen LogP contribution in [0.3, 0.4) is 0 Å². The van der Waals surface area contributed by atoms with Crippen LogP contribution in [0.4, 0.5) is 0 Å². The van der Waals surface area contributed by atoms with Crippen molar-refractivity contribution < 1.29 is 13.2 Å². The lowest BCUT2D eigenvalue weighted by atomic mass is 10.2. The molecule has 1 amide bonds. The molecule has 0 saturated heterocycles. The number of hydrogen-bond donors (Lipinski definition) is 2. The van der Waals surface area contributed by atoms with Crippen molar-refractivity contribution in [2.75, 3.05) is 26.7 Å². The molecule has 0 spiro atoms. The van der Waals surface area contributed by atoms with Crippen molar-refractivity contribution in [1.29, 1.82) is 0 Å². The smallest absolute Gasteiger partial charge is 0.233 e. The largest absolute Gasteiger partial charge is 0.355 e. The van der Waals surface area contributed by atoms with Crippen molar-refractivity contribution in [3.8, 4) is 0 Å². The molecule has 1 aliphatic rings. The van der Waals surface area contributed by atoms with E-state index in [0.29, 0.717) is 12.6 Å². The molecule has 0 atom stereocenters. The third-order valence-corrected chi connectivity index (χ3v) is 4.95. The molecule has 0 radical (unpaired) electrons. The number of benzene rings is 1. The summed E-state index contributed by atoms with van der Waals surface area (Å²) in [4.78, 5) is 13.9. The van der Waals surface area contributed by atoms with E-state index >= 15 is 0 Å². The summed E-state index contributed by atoms with van der Waals surface area (Å²) < 4.78 is 26.1. The van der Waals surface area contributed by atoms with Crippen LogP contribution in [-0.2, 0) is 14.8 Å². The average Bonchev–Trinajstić information content (AvgIpc) is 3.39. The maximum Gasteiger partial charge on any atom is 0.233 e. The number of nitrogens with one attached hydrogen (secondary N) is 2. The number of amides is 1. The lowest BCUT2D eigenvalue weighted by molar-refractivity contribution is -0.120. The van der Waals surface area contributed by atoms with Gasteiger partial charge in [-0.1, -0.05) is 30.3 Å². The average molecular weight is 351 g/mol. The van der Waals surface area contributed by atoms with E-state index in [-0.39, 0.29) is 18.9 Å². The molecule has 0 aromatic heterocycles. The SMILES string of the molecule is CN(CCNC(=O)CCNS(=O)(=O)/C=C/c1ccccc1)C1CC1. The number of likely N-dealkylation sites (N-methyl/N-ethyl adjacent to an activating group) is 1. The summed E-state index contributed by atoms with van der Waals surface area (Å²) in [6.07, 6.45) is 4.13. The van der Waals surface area contributed by atoms with Crippen LogP contribution in [-0.4, -0.2) is 51.9 Å². The van der Waals surface area contributed by atoms with Gasteiger partial charge in [-0.15, -0.1) is 0 Å². The van der Waals surface area contributed by atoms with Gasteiger partial charge in [0, 0.05) is 37.5 Å². The molecule has 1 aromatic carbocycles. The highest BCUT2D eigenvalue weighted by Gasteiger charge is 2.25. The molecule has 1 aromatic rings. The second kappa shape index (κ2) is 8.96. The minimum atomic E-state index is -3.53. The Labute approximate surface area is 144 Å². The summed E-state index contributed by atoms with van der Waals surface area (Å²) in [6.45, 7) is 1.50. The molecular formula is C17H25N3O3S. The molecule has 24 heavy (non-hydrogen) atoms. The van der Waals surface area contributed by atoms with E-state index in [0.717, 1.165) is 17.5 Å². The van der Waals surface area contributed by atoms with Gasteiger partial charge in [0.25, 0.3) is 0 Å². The maximum absolute atomic E-state index is 11.8. The first-order chi connectivity index (χ1) is 11.5. The Balaban J connectivity index is 1.62. The highest BCUT2D eigenvalue weighted by atomic mass is 32.2. The van der Waals surface area contributed by atoms with Crippen LogP contribution >= 0.6 is 0 Å². The van der Waals surface area contributed by atoms with E-state index in [2.05, 4.69) is 22.0 Å². The number of hydrogen-bond acceptors (Lipinski definition) is 4. The molecule has 0 unspecified atom stereocenters. The van der Waals surface area contributed by atoms with Crippen LogP contribution in [0, 0.1) is 0 Å². The minimum absolute atomic E-state index is 0.0890. The number of carbonyl (C=O) groups is 1. The lowest BCUT2D eigenvalue weighted by Gasteiger charge is -2.15. The van der Waals surface area contributed by atoms with E-state index in [1.165, 1.54) is 18.9 Å². The molecule has 1 fully saturated rings.